The van der Waals surface area contributed by atoms with Gasteiger partial charge in [0.1, 0.15) is 0 Å². The Balaban J connectivity index is 0.904. The predicted octanol–water partition coefficient (Wildman–Crippen LogP) is 19.7. The zero-order valence-corrected chi connectivity index (χ0v) is 51.1. The average molecular weight is 1180 g/mol. The maximum atomic E-state index is 2.89. The summed E-state index contributed by atoms with van der Waals surface area (Å²) in [6, 6.07) is 80.7. The first-order valence-corrected chi connectivity index (χ1v) is 34.0. The fraction of sp³-hybridized carbons (Fsp3) is 0.179. The van der Waals surface area contributed by atoms with Crippen LogP contribution in [-0.4, -0.2) is 42.6 Å². The van der Waals surface area contributed by atoms with Crippen LogP contribution in [-0.2, 0) is 0 Å². The van der Waals surface area contributed by atoms with Crippen LogP contribution in [0.5, 0.6) is 0 Å². The zero-order valence-electron chi connectivity index (χ0n) is 48.6. The van der Waals surface area contributed by atoms with Gasteiger partial charge >= 0.3 is 0 Å². The summed E-state index contributed by atoms with van der Waals surface area (Å²) in [6.45, 7) is 0.0721. The Labute approximate surface area is 525 Å². The van der Waals surface area contributed by atoms with Gasteiger partial charge in [-0.3, -0.25) is 0 Å². The van der Waals surface area contributed by atoms with Gasteiger partial charge in [0.2, 0.25) is 6.71 Å². The van der Waals surface area contributed by atoms with Crippen LogP contribution in [0.2, 0.25) is 5.82 Å². The van der Waals surface area contributed by atoms with Gasteiger partial charge in [0, 0.05) is 112 Å². The first-order chi connectivity index (χ1) is 43.1. The van der Waals surface area contributed by atoms with E-state index in [0.29, 0.717) is 6.04 Å². The molecule has 1 radical (unpaired) electrons. The molecule has 9 heteroatoms. The summed E-state index contributed by atoms with van der Waals surface area (Å²) >= 11 is 6.15. The molecule has 1 saturated heterocycles. The van der Waals surface area contributed by atoms with Crippen molar-refractivity contribution in [2.75, 3.05) is 19.6 Å². The minimum absolute atomic E-state index is 0.0721. The van der Waals surface area contributed by atoms with Crippen molar-refractivity contribution in [1.29, 1.82) is 0 Å². The maximum absolute atomic E-state index is 2.89. The third-order valence-corrected chi connectivity index (χ3v) is 23.2. The Morgan fingerprint density at radius 1 is 0.621 bits per heavy atom. The van der Waals surface area contributed by atoms with Crippen LogP contribution in [0.4, 0.5) is 34.1 Å². The number of hydrogen-bond donors (Lipinski definition) is 0. The number of thiophene rings is 1. The Morgan fingerprint density at radius 2 is 1.33 bits per heavy atom. The predicted molar refractivity (Wildman–Crippen MR) is 377 cm³/mol. The zero-order chi connectivity index (χ0) is 57.4. The highest BCUT2D eigenvalue weighted by atomic mass is 32.2. The summed E-state index contributed by atoms with van der Waals surface area (Å²) in [5, 5.41) is 3.10. The fourth-order valence-electron chi connectivity index (χ4n) is 15.7. The molecular formula is C78H65B2N4S3. The standard InChI is InChI=1S/C78H65B2N4S3/c1-8-26-52(27-9-1)62-48-63-61-40-22-25-43-72(61)86-73(63)50-68(62)84-69-51-74-64(79-77-75(85-60-38-20-7-21-39-60)46-59(47-76(77)87-74)82(55-32-14-4-15-33-55)56-34-16-5-17-35-56)49-66(69)80-65-41-23-24-42-67(65)83(57-36-18-6-19-37-57)70-44-58(45-71(84)78(70)80)81(53-28-10-2-11-29-53)54-30-12-3-13-31-54/h1-12,14-20,22-29,32-38,40-43,46,48-51,54,58,64,70,74,76H,13,21,30-31,39,44-45,47H2. The molecule has 4 heterocycles. The molecule has 0 N–H and O–H groups in total. The number of hydrogen-bond acceptors (Lipinski definition) is 7. The van der Waals surface area contributed by atoms with E-state index in [0.717, 1.165) is 51.4 Å². The van der Waals surface area contributed by atoms with Crippen molar-refractivity contribution in [2.24, 2.45) is 0 Å². The normalized spacial score (nSPS) is 22.7. The van der Waals surface area contributed by atoms with Crippen LogP contribution < -0.4 is 25.1 Å². The van der Waals surface area contributed by atoms with Crippen LogP contribution in [0.15, 0.2) is 304 Å². The van der Waals surface area contributed by atoms with Crippen LogP contribution in [0.25, 0.3) is 31.3 Å². The third kappa shape index (κ3) is 9.46. The highest BCUT2D eigenvalue weighted by Crippen LogP contribution is 2.58. The molecule has 8 aliphatic rings. The highest BCUT2D eigenvalue weighted by Gasteiger charge is 2.54. The summed E-state index contributed by atoms with van der Waals surface area (Å²) in [5.41, 5.74) is 20.1. The Morgan fingerprint density at radius 3 is 2.08 bits per heavy atom. The second kappa shape index (κ2) is 22.6. The number of rotatable bonds is 11. The van der Waals surface area contributed by atoms with Gasteiger partial charge in [0.25, 0.3) is 0 Å². The Kier molecular flexibility index (Phi) is 13.8. The molecular weight excluding hydrogens is 1110 g/mol. The number of allylic oxidation sites excluding steroid dienone is 9. The van der Waals surface area contributed by atoms with Crippen LogP contribution in [0.1, 0.15) is 51.4 Å². The number of para-hydroxylation sites is 5. The van der Waals surface area contributed by atoms with E-state index < -0.39 is 0 Å². The van der Waals surface area contributed by atoms with Crippen molar-refractivity contribution in [3.63, 3.8) is 0 Å². The second-order valence-electron chi connectivity index (χ2n) is 24.4. The van der Waals surface area contributed by atoms with Crippen molar-refractivity contribution in [3.8, 4) is 11.1 Å². The summed E-state index contributed by atoms with van der Waals surface area (Å²) in [6.07, 6.45) is 28.2. The largest absolute Gasteiger partial charge is 0.365 e. The van der Waals surface area contributed by atoms with Gasteiger partial charge in [0.05, 0.1) is 11.7 Å². The molecule has 1 aromatic heterocycles. The van der Waals surface area contributed by atoms with E-state index in [1.807, 2.05) is 23.1 Å². The number of fused-ring (bicyclic) bond motifs is 9. The molecule has 5 aliphatic carbocycles. The smallest absolute Gasteiger partial charge is 0.246 e. The molecule has 4 nitrogen and oxygen atoms in total. The van der Waals surface area contributed by atoms with Crippen LogP contribution >= 0.6 is 34.9 Å². The first-order valence-electron chi connectivity index (χ1n) is 31.4. The van der Waals surface area contributed by atoms with Crippen LogP contribution in [0.3, 0.4) is 0 Å². The van der Waals surface area contributed by atoms with Gasteiger partial charge < -0.3 is 19.6 Å². The molecule has 0 saturated carbocycles. The van der Waals surface area contributed by atoms with Gasteiger partial charge in [-0.05, 0) is 156 Å². The lowest BCUT2D eigenvalue weighted by atomic mass is 9.29. The maximum Gasteiger partial charge on any atom is 0.246 e. The topological polar surface area (TPSA) is 13.0 Å². The lowest BCUT2D eigenvalue weighted by Gasteiger charge is -2.56. The second-order valence-corrected chi connectivity index (χ2v) is 28.1. The lowest BCUT2D eigenvalue weighted by molar-refractivity contribution is 0.419. The van der Waals surface area contributed by atoms with E-state index in [2.05, 4.69) is 300 Å². The summed E-state index contributed by atoms with van der Waals surface area (Å²) in [5.74, 6) is 0.190. The number of thioether (sulfide) groups is 2. The van der Waals surface area contributed by atoms with E-state index in [9.17, 15) is 0 Å². The van der Waals surface area contributed by atoms with Gasteiger partial charge in [-0.15, -0.1) is 23.1 Å². The molecule has 9 aromatic rings. The van der Waals surface area contributed by atoms with E-state index in [-0.39, 0.29) is 35.1 Å². The van der Waals surface area contributed by atoms with Gasteiger partial charge in [-0.25, -0.2) is 0 Å². The monoisotopic (exact) mass is 1180 g/mol. The molecule has 0 spiro atoms. The van der Waals surface area contributed by atoms with E-state index in [1.165, 1.54) is 109 Å². The molecule has 6 atom stereocenters. The molecule has 0 amide bonds. The highest BCUT2D eigenvalue weighted by molar-refractivity contribution is 8.07. The molecule has 0 bridgehead atoms. The Bertz CT molecular complexity index is 4360. The molecule has 87 heavy (non-hydrogen) atoms. The molecule has 6 unspecified atom stereocenters. The molecule has 8 aromatic carbocycles. The molecule has 3 aliphatic heterocycles. The average Bonchev–Trinajstić information content (AvgIpc) is 0.756. The van der Waals surface area contributed by atoms with Crippen molar-refractivity contribution in [3.05, 3.63) is 304 Å². The summed E-state index contributed by atoms with van der Waals surface area (Å²) in [7, 11) is 2.74. The van der Waals surface area contributed by atoms with E-state index >= 15 is 0 Å². The van der Waals surface area contributed by atoms with Crippen molar-refractivity contribution < 1.29 is 0 Å². The quantitative estimate of drug-likeness (QED) is 0.0939. The van der Waals surface area contributed by atoms with Gasteiger partial charge in [-0.1, -0.05) is 193 Å². The van der Waals surface area contributed by atoms with Crippen LogP contribution in [0, 0.1) is 0 Å². The van der Waals surface area contributed by atoms with E-state index in [4.69, 9.17) is 0 Å². The summed E-state index contributed by atoms with van der Waals surface area (Å²) < 4.78 is 2.66. The minimum Gasteiger partial charge on any atom is -0.365 e. The SMILES string of the molecule is [B]1C2=C(SC3=CC=CCC3)C=C(N(c3ccccc3)c3ccccc3)CC2SC2C=C3C(=CC12)B1C2=C(CC(N(c4ccccc4)C4CC=CCC4)CC2N(c2ccccc2)c2ccccc21)N3c1cc2sc3ccccc3c2cc1-c1ccccc1. The molecule has 17 rings (SSSR count). The molecule has 1 fully saturated rings. The van der Waals surface area contributed by atoms with Crippen molar-refractivity contribution in [1.82, 2.24) is 0 Å². The Hall–Kier alpha value is -8.07. The van der Waals surface area contributed by atoms with Crippen molar-refractivity contribution in [2.45, 2.75) is 85.8 Å². The summed E-state index contributed by atoms with van der Waals surface area (Å²) in [4.78, 5) is 13.9. The lowest BCUT2D eigenvalue weighted by Crippen LogP contribution is -2.62. The fourth-order valence-corrected chi connectivity index (χ4v) is 19.7. The van der Waals surface area contributed by atoms with Crippen molar-refractivity contribution >= 4 is 109 Å². The number of nitrogens with zero attached hydrogens (tertiary/aromatic N) is 4. The number of benzene rings is 8. The third-order valence-electron chi connectivity index (χ3n) is 19.4. The first kappa shape index (κ1) is 53.2. The number of anilines is 6. The molecule has 421 valence electrons. The van der Waals surface area contributed by atoms with Gasteiger partial charge in [-0.2, -0.15) is 0 Å². The van der Waals surface area contributed by atoms with E-state index in [1.54, 1.807) is 5.47 Å². The minimum atomic E-state index is 0.0721. The van der Waals surface area contributed by atoms with Gasteiger partial charge in [0.15, 0.2) is 7.28 Å².